The number of nitrogens with zero attached hydrogens (tertiary/aromatic N) is 2. The van der Waals surface area contributed by atoms with Crippen molar-refractivity contribution in [1.82, 2.24) is 14.9 Å². The van der Waals surface area contributed by atoms with Crippen LogP contribution >= 0.6 is 0 Å². The highest BCUT2D eigenvalue weighted by molar-refractivity contribution is 7.90. The van der Waals surface area contributed by atoms with Gasteiger partial charge in [-0.3, -0.25) is 19.5 Å². The van der Waals surface area contributed by atoms with Gasteiger partial charge in [0.1, 0.15) is 0 Å². The van der Waals surface area contributed by atoms with E-state index >= 15 is 0 Å². The van der Waals surface area contributed by atoms with Crippen molar-refractivity contribution in [2.45, 2.75) is 55.3 Å². The Morgan fingerprint density at radius 1 is 1.16 bits per heavy atom. The summed E-state index contributed by atoms with van der Waals surface area (Å²) in [5.41, 5.74) is -2.22. The summed E-state index contributed by atoms with van der Waals surface area (Å²) in [7, 11) is -3.43. The largest absolute Gasteiger partial charge is 0.440 e. The molecule has 12 heteroatoms. The van der Waals surface area contributed by atoms with Gasteiger partial charge in [-0.2, -0.15) is 13.2 Å². The molecule has 1 fully saturated rings. The topological polar surface area (TPSA) is 110 Å². The SMILES string of the molecule is CS(=O)(=O)c1ccc(-c2cccc3c2nc2n3C(NC(=O)CCC3CCCC3)(C(F)(F)F)C(=O)N2)cc1. The van der Waals surface area contributed by atoms with Crippen LogP contribution in [0.25, 0.3) is 22.2 Å². The average Bonchev–Trinajstić information content (AvgIpc) is 3.53. The molecule has 2 aromatic carbocycles. The number of benzene rings is 2. The Kier molecular flexibility index (Phi) is 6.05. The molecule has 37 heavy (non-hydrogen) atoms. The molecule has 0 radical (unpaired) electrons. The highest BCUT2D eigenvalue weighted by Crippen LogP contribution is 2.45. The van der Waals surface area contributed by atoms with Gasteiger partial charge >= 0.3 is 6.18 Å². The average molecular weight is 535 g/mol. The zero-order chi connectivity index (χ0) is 26.6. The number of sulfone groups is 1. The van der Waals surface area contributed by atoms with E-state index in [2.05, 4.69) is 10.3 Å². The Balaban J connectivity index is 1.56. The van der Waals surface area contributed by atoms with Crippen LogP contribution < -0.4 is 10.6 Å². The zero-order valence-corrected chi connectivity index (χ0v) is 20.7. The van der Waals surface area contributed by atoms with E-state index in [0.717, 1.165) is 31.9 Å². The number of halogens is 3. The van der Waals surface area contributed by atoms with Gasteiger partial charge in [-0.15, -0.1) is 0 Å². The molecule has 0 saturated heterocycles. The first-order chi connectivity index (χ1) is 17.4. The number of nitrogens with one attached hydrogen (secondary N) is 2. The molecule has 3 aromatic rings. The van der Waals surface area contributed by atoms with Crippen molar-refractivity contribution in [2.24, 2.45) is 5.92 Å². The second-order valence-corrected chi connectivity index (χ2v) is 11.7. The van der Waals surface area contributed by atoms with Crippen LogP contribution in [0.2, 0.25) is 0 Å². The van der Waals surface area contributed by atoms with E-state index < -0.39 is 33.5 Å². The van der Waals surface area contributed by atoms with Gasteiger partial charge in [-0.1, -0.05) is 49.9 Å². The molecule has 1 saturated carbocycles. The molecule has 2 N–H and O–H groups in total. The molecule has 1 aromatic heterocycles. The normalized spacial score (nSPS) is 20.3. The van der Waals surface area contributed by atoms with Gasteiger partial charge in [0.25, 0.3) is 11.6 Å². The molecule has 1 aliphatic carbocycles. The maximum atomic E-state index is 14.7. The van der Waals surface area contributed by atoms with Crippen molar-refractivity contribution in [1.29, 1.82) is 0 Å². The van der Waals surface area contributed by atoms with Crippen LogP contribution in [-0.4, -0.2) is 42.2 Å². The first-order valence-electron chi connectivity index (χ1n) is 11.9. The lowest BCUT2D eigenvalue weighted by Gasteiger charge is -2.32. The fraction of sp³-hybridized carbons (Fsp3) is 0.400. The third-order valence-corrected chi connectivity index (χ3v) is 8.28. The number of fused-ring (bicyclic) bond motifs is 3. The molecule has 196 valence electrons. The third kappa shape index (κ3) is 4.26. The number of imidazole rings is 1. The minimum absolute atomic E-state index is 0.00791. The highest BCUT2D eigenvalue weighted by Gasteiger charge is 2.67. The summed E-state index contributed by atoms with van der Waals surface area (Å²) >= 11 is 0. The molecule has 2 amide bonds. The van der Waals surface area contributed by atoms with Crippen molar-refractivity contribution in [3.05, 3.63) is 42.5 Å². The number of carbonyl (C=O) groups is 2. The van der Waals surface area contributed by atoms with Crippen molar-refractivity contribution in [3.63, 3.8) is 0 Å². The number of para-hydroxylation sites is 1. The van der Waals surface area contributed by atoms with E-state index in [0.29, 0.717) is 28.0 Å². The maximum Gasteiger partial charge on any atom is 0.440 e. The summed E-state index contributed by atoms with van der Waals surface area (Å²) in [6, 6.07) is 10.4. The van der Waals surface area contributed by atoms with E-state index in [-0.39, 0.29) is 28.3 Å². The number of anilines is 1. The van der Waals surface area contributed by atoms with Crippen LogP contribution in [0.4, 0.5) is 19.1 Å². The summed E-state index contributed by atoms with van der Waals surface area (Å²) in [6.45, 7) is 0. The Morgan fingerprint density at radius 3 is 2.46 bits per heavy atom. The van der Waals surface area contributed by atoms with Gasteiger partial charge in [0, 0.05) is 18.2 Å². The van der Waals surface area contributed by atoms with E-state index in [1.807, 2.05) is 5.32 Å². The minimum atomic E-state index is -5.16. The third-order valence-electron chi connectivity index (χ3n) is 7.15. The molecular formula is C25H25F3N4O4S. The van der Waals surface area contributed by atoms with Gasteiger partial charge < -0.3 is 5.32 Å². The summed E-state index contributed by atoms with van der Waals surface area (Å²) in [5.74, 6) is -2.33. The molecule has 0 spiro atoms. The van der Waals surface area contributed by atoms with Crippen LogP contribution in [0.15, 0.2) is 47.4 Å². The fourth-order valence-electron chi connectivity index (χ4n) is 5.27. The monoisotopic (exact) mass is 534 g/mol. The van der Waals surface area contributed by atoms with E-state index in [9.17, 15) is 31.2 Å². The van der Waals surface area contributed by atoms with Crippen LogP contribution in [0.1, 0.15) is 38.5 Å². The molecule has 1 unspecified atom stereocenters. The van der Waals surface area contributed by atoms with Crippen molar-refractivity contribution < 1.29 is 31.2 Å². The molecule has 2 heterocycles. The Hall–Kier alpha value is -3.41. The van der Waals surface area contributed by atoms with Crippen molar-refractivity contribution in [2.75, 3.05) is 11.6 Å². The van der Waals surface area contributed by atoms with Crippen LogP contribution in [-0.2, 0) is 25.1 Å². The Morgan fingerprint density at radius 2 is 1.84 bits per heavy atom. The quantitative estimate of drug-likeness (QED) is 0.488. The summed E-state index contributed by atoms with van der Waals surface area (Å²) in [4.78, 5) is 29.9. The predicted octanol–water partition coefficient (Wildman–Crippen LogP) is 4.36. The lowest BCUT2D eigenvalue weighted by Crippen LogP contribution is -2.63. The summed E-state index contributed by atoms with van der Waals surface area (Å²) < 4.78 is 68.2. The standard InChI is InChI=1S/C25H25F3N4O4S/c1-37(35,36)17-12-10-16(11-13-17)18-7-4-8-19-21(18)29-23-30-22(34)24(32(19)23,25(26,27)28)31-20(33)14-9-15-5-2-3-6-15/h4,7-8,10-13,15H,2-3,5-6,9,14H2,1H3,(H,31,33)(H,29,30,34). The van der Waals surface area contributed by atoms with Crippen LogP contribution in [0, 0.1) is 5.92 Å². The molecule has 8 nitrogen and oxygen atoms in total. The Bertz CT molecular complexity index is 1490. The number of aromatic nitrogens is 2. The molecule has 2 aliphatic rings. The fourth-order valence-corrected chi connectivity index (χ4v) is 5.90. The van der Waals surface area contributed by atoms with Gasteiger partial charge in [0.15, 0.2) is 9.84 Å². The van der Waals surface area contributed by atoms with Gasteiger partial charge in [0.2, 0.25) is 11.9 Å². The second kappa shape index (κ2) is 8.86. The first kappa shape index (κ1) is 25.2. The van der Waals surface area contributed by atoms with Crippen molar-refractivity contribution in [3.8, 4) is 11.1 Å². The lowest BCUT2D eigenvalue weighted by molar-refractivity contribution is -0.217. The van der Waals surface area contributed by atoms with E-state index in [1.165, 1.54) is 36.4 Å². The number of carbonyl (C=O) groups excluding carboxylic acids is 2. The van der Waals surface area contributed by atoms with Gasteiger partial charge in [0.05, 0.1) is 15.9 Å². The number of alkyl halides is 3. The van der Waals surface area contributed by atoms with Crippen molar-refractivity contribution >= 4 is 38.6 Å². The zero-order valence-electron chi connectivity index (χ0n) is 19.9. The molecule has 1 atom stereocenters. The van der Waals surface area contributed by atoms with Gasteiger partial charge in [-0.25, -0.2) is 13.4 Å². The molecular weight excluding hydrogens is 509 g/mol. The minimum Gasteiger partial charge on any atom is -0.317 e. The number of hydrogen-bond donors (Lipinski definition) is 2. The lowest BCUT2D eigenvalue weighted by atomic mass is 10.0. The van der Waals surface area contributed by atoms with Crippen LogP contribution in [0.3, 0.4) is 0 Å². The number of amides is 2. The van der Waals surface area contributed by atoms with E-state index in [1.54, 1.807) is 6.07 Å². The highest BCUT2D eigenvalue weighted by atomic mass is 32.2. The molecule has 1 aliphatic heterocycles. The smallest absolute Gasteiger partial charge is 0.317 e. The Labute approximate surface area is 211 Å². The molecule has 5 rings (SSSR count). The summed E-state index contributed by atoms with van der Waals surface area (Å²) in [6.07, 6.45) is 0.249. The second-order valence-electron chi connectivity index (χ2n) is 9.64. The maximum absolute atomic E-state index is 14.7. The predicted molar refractivity (Wildman–Crippen MR) is 130 cm³/mol. The molecule has 0 bridgehead atoms. The van der Waals surface area contributed by atoms with Crippen LogP contribution in [0.5, 0.6) is 0 Å². The first-order valence-corrected chi connectivity index (χ1v) is 13.8. The number of rotatable bonds is 6. The van der Waals surface area contributed by atoms with E-state index in [4.69, 9.17) is 0 Å². The van der Waals surface area contributed by atoms with Gasteiger partial charge in [-0.05, 0) is 36.1 Å². The number of hydrogen-bond acceptors (Lipinski definition) is 5. The summed E-state index contributed by atoms with van der Waals surface area (Å²) in [5, 5.41) is 4.20.